The molecule has 0 fully saturated rings. The number of nitrogens with two attached hydrogens (primary N) is 1. The molecule has 0 spiro atoms. The van der Waals surface area contributed by atoms with Gasteiger partial charge in [0.15, 0.2) is 6.54 Å². The van der Waals surface area contributed by atoms with E-state index in [4.69, 9.17) is 5.84 Å². The third kappa shape index (κ3) is 0.692. The molecule has 1 aliphatic heterocycles. The van der Waals surface area contributed by atoms with Gasteiger partial charge >= 0.3 is 0 Å². The monoisotopic (exact) mass is 133 g/mol. The minimum atomic E-state index is 0.843. The fraction of sp³-hybridized carbons (Fsp3) is 0.125. The van der Waals surface area contributed by atoms with Crippen molar-refractivity contribution in [3.8, 4) is 0 Å². The Morgan fingerprint density at radius 3 is 2.90 bits per heavy atom. The van der Waals surface area contributed by atoms with Gasteiger partial charge in [0.05, 0.1) is 5.56 Å². The minimum Gasteiger partial charge on any atom is -0.210 e. The second-order valence-corrected chi connectivity index (χ2v) is 2.50. The van der Waals surface area contributed by atoms with Crippen molar-refractivity contribution in [2.24, 2.45) is 5.84 Å². The zero-order valence-electron chi connectivity index (χ0n) is 5.62. The molecule has 0 bridgehead atoms. The number of rotatable bonds is 0. The summed E-state index contributed by atoms with van der Waals surface area (Å²) < 4.78 is 1.70. The Bertz CT molecular complexity index is 289. The molecule has 2 nitrogen and oxygen atoms in total. The van der Waals surface area contributed by atoms with Gasteiger partial charge in [0.25, 0.3) is 0 Å². The third-order valence-corrected chi connectivity index (χ3v) is 1.71. The summed E-state index contributed by atoms with van der Waals surface area (Å²) >= 11 is 0. The van der Waals surface area contributed by atoms with Crippen molar-refractivity contribution >= 4 is 6.21 Å². The van der Waals surface area contributed by atoms with E-state index in [2.05, 4.69) is 12.1 Å². The van der Waals surface area contributed by atoms with Gasteiger partial charge in [-0.3, -0.25) is 0 Å². The summed E-state index contributed by atoms with van der Waals surface area (Å²) in [6, 6.07) is 8.22. The quantitative estimate of drug-likeness (QED) is 0.405. The predicted octanol–water partition coefficient (Wildman–Crippen LogP) is 0.505. The molecule has 2 heteroatoms. The normalized spacial score (nSPS) is 14.6. The zero-order chi connectivity index (χ0) is 6.97. The van der Waals surface area contributed by atoms with Crippen LogP contribution in [0.5, 0.6) is 0 Å². The van der Waals surface area contributed by atoms with E-state index >= 15 is 0 Å². The van der Waals surface area contributed by atoms with Crippen LogP contribution < -0.4 is 5.84 Å². The molecule has 0 saturated carbocycles. The van der Waals surface area contributed by atoms with Crippen molar-refractivity contribution in [3.63, 3.8) is 0 Å². The van der Waals surface area contributed by atoms with Crippen molar-refractivity contribution in [2.75, 3.05) is 0 Å². The second-order valence-electron chi connectivity index (χ2n) is 2.50. The lowest BCUT2D eigenvalue weighted by Crippen LogP contribution is -2.14. The highest BCUT2D eigenvalue weighted by atomic mass is 15.3. The van der Waals surface area contributed by atoms with Crippen LogP contribution in [-0.4, -0.2) is 10.9 Å². The van der Waals surface area contributed by atoms with Crippen LogP contribution in [0.25, 0.3) is 0 Å². The maximum Gasteiger partial charge on any atom is 0.201 e. The van der Waals surface area contributed by atoms with E-state index in [1.54, 1.807) is 4.68 Å². The summed E-state index contributed by atoms with van der Waals surface area (Å²) in [6.07, 6.45) is 1.95. The molecule has 2 N–H and O–H groups in total. The molecule has 1 aromatic carbocycles. The zero-order valence-corrected chi connectivity index (χ0v) is 5.62. The fourth-order valence-electron chi connectivity index (χ4n) is 1.23. The summed E-state index contributed by atoms with van der Waals surface area (Å²) in [6.45, 7) is 0.843. The molecule has 50 valence electrons. The highest BCUT2D eigenvalue weighted by Gasteiger charge is 2.14. The van der Waals surface area contributed by atoms with Gasteiger partial charge in [-0.15, -0.1) is 4.68 Å². The Morgan fingerprint density at radius 2 is 2.10 bits per heavy atom. The minimum absolute atomic E-state index is 0.843. The van der Waals surface area contributed by atoms with Crippen molar-refractivity contribution in [2.45, 2.75) is 6.54 Å². The highest BCUT2D eigenvalue weighted by Crippen LogP contribution is 2.10. The van der Waals surface area contributed by atoms with Crippen LogP contribution in [0.3, 0.4) is 0 Å². The Hall–Kier alpha value is -1.31. The summed E-state index contributed by atoms with van der Waals surface area (Å²) in [5.41, 5.74) is 2.55. The first-order chi connectivity index (χ1) is 4.86. The number of fused-ring (bicyclic) bond motifs is 1. The van der Waals surface area contributed by atoms with Crippen LogP contribution >= 0.6 is 0 Å². The Labute approximate surface area is 59.6 Å². The smallest absolute Gasteiger partial charge is 0.201 e. The summed E-state index contributed by atoms with van der Waals surface area (Å²) in [4.78, 5) is 0. The van der Waals surface area contributed by atoms with E-state index in [1.807, 2.05) is 18.3 Å². The lowest BCUT2D eigenvalue weighted by atomic mass is 10.1. The average molecular weight is 133 g/mol. The van der Waals surface area contributed by atoms with Gasteiger partial charge in [0, 0.05) is 5.56 Å². The average Bonchev–Trinajstić information content (AvgIpc) is 2.27. The number of hydrazone groups is 1. The standard InChI is InChI=1S/C8H9N2/c9-10-5-7-3-1-2-4-8(7)6-10/h1-5H,6,9H2/q+1. The Morgan fingerprint density at radius 1 is 1.30 bits per heavy atom. The van der Waals surface area contributed by atoms with E-state index in [9.17, 15) is 0 Å². The number of hydrogen-bond acceptors (Lipinski definition) is 1. The van der Waals surface area contributed by atoms with Crippen LogP contribution in [0.15, 0.2) is 24.3 Å². The first kappa shape index (κ1) is 5.47. The van der Waals surface area contributed by atoms with Crippen LogP contribution in [0.1, 0.15) is 11.1 Å². The second kappa shape index (κ2) is 1.84. The molecule has 0 unspecified atom stereocenters. The molecule has 0 amide bonds. The van der Waals surface area contributed by atoms with Gasteiger partial charge < -0.3 is 0 Å². The molecule has 10 heavy (non-hydrogen) atoms. The van der Waals surface area contributed by atoms with E-state index in [1.165, 1.54) is 11.1 Å². The molecule has 0 atom stereocenters. The van der Waals surface area contributed by atoms with Gasteiger partial charge in [-0.1, -0.05) is 18.2 Å². The molecule has 1 aliphatic rings. The molecule has 1 aromatic rings. The third-order valence-electron chi connectivity index (χ3n) is 1.71. The molecule has 1 heterocycles. The van der Waals surface area contributed by atoms with Crippen LogP contribution in [0.2, 0.25) is 0 Å². The predicted molar refractivity (Wildman–Crippen MR) is 39.8 cm³/mol. The first-order valence-corrected chi connectivity index (χ1v) is 3.30. The summed E-state index contributed by atoms with van der Waals surface area (Å²) in [5, 5.41) is 0. The molecule has 0 radical (unpaired) electrons. The van der Waals surface area contributed by atoms with E-state index in [-0.39, 0.29) is 0 Å². The molecule has 2 rings (SSSR count). The number of benzene rings is 1. The number of hydrogen-bond donors (Lipinski definition) is 1. The Kier molecular flexibility index (Phi) is 1.01. The molecular weight excluding hydrogens is 124 g/mol. The van der Waals surface area contributed by atoms with Crippen molar-refractivity contribution in [3.05, 3.63) is 35.4 Å². The van der Waals surface area contributed by atoms with E-state index < -0.39 is 0 Å². The van der Waals surface area contributed by atoms with Crippen molar-refractivity contribution in [1.29, 1.82) is 0 Å². The summed E-state index contributed by atoms with van der Waals surface area (Å²) in [7, 11) is 0. The largest absolute Gasteiger partial charge is 0.210 e. The van der Waals surface area contributed by atoms with Crippen molar-refractivity contribution in [1.82, 2.24) is 0 Å². The first-order valence-electron chi connectivity index (χ1n) is 3.30. The van der Waals surface area contributed by atoms with Gasteiger partial charge in [-0.05, 0) is 6.07 Å². The van der Waals surface area contributed by atoms with E-state index in [0.29, 0.717) is 0 Å². The topological polar surface area (TPSA) is 29.0 Å². The SMILES string of the molecule is N[N+]1=Cc2ccccc2C1. The lowest BCUT2D eigenvalue weighted by molar-refractivity contribution is -0.546. The van der Waals surface area contributed by atoms with E-state index in [0.717, 1.165) is 6.54 Å². The van der Waals surface area contributed by atoms with Crippen LogP contribution in [-0.2, 0) is 6.54 Å². The number of nitrogens with zero attached hydrogens (tertiary/aromatic N) is 1. The van der Waals surface area contributed by atoms with Crippen LogP contribution in [0.4, 0.5) is 0 Å². The number of hydrazine groups is 1. The van der Waals surface area contributed by atoms with Gasteiger partial charge in [0.1, 0.15) is 0 Å². The maximum absolute atomic E-state index is 5.56. The van der Waals surface area contributed by atoms with Gasteiger partial charge in [-0.25, -0.2) is 5.84 Å². The Balaban J connectivity index is 2.54. The summed E-state index contributed by atoms with van der Waals surface area (Å²) in [5.74, 6) is 5.56. The molecule has 0 aliphatic carbocycles. The van der Waals surface area contributed by atoms with Crippen LogP contribution in [0, 0.1) is 0 Å². The van der Waals surface area contributed by atoms with Crippen molar-refractivity contribution < 1.29 is 4.68 Å². The lowest BCUT2D eigenvalue weighted by Gasteiger charge is -1.87. The molecule has 0 aromatic heterocycles. The maximum atomic E-state index is 5.56. The highest BCUT2D eigenvalue weighted by molar-refractivity contribution is 5.79. The molecular formula is C8H9N2+. The van der Waals surface area contributed by atoms with Gasteiger partial charge in [-0.2, -0.15) is 0 Å². The fourth-order valence-corrected chi connectivity index (χ4v) is 1.23. The molecule has 0 saturated heterocycles. The van der Waals surface area contributed by atoms with Gasteiger partial charge in [0.2, 0.25) is 6.21 Å².